The van der Waals surface area contributed by atoms with E-state index in [0.29, 0.717) is 11.4 Å². The third-order valence-electron chi connectivity index (χ3n) is 3.58. The molecule has 1 aromatic carbocycles. The van der Waals surface area contributed by atoms with Gasteiger partial charge in [0.15, 0.2) is 0 Å². The van der Waals surface area contributed by atoms with Crippen LogP contribution >= 0.6 is 11.8 Å². The molecule has 0 bridgehead atoms. The van der Waals surface area contributed by atoms with Crippen LogP contribution < -0.4 is 10.5 Å². The molecule has 112 valence electrons. The molecule has 0 spiro atoms. The standard InChI is InChI=1S/C16H25NO2S/c1-3-9-19-14-6-4-13(5-7-14)15(17)11-20-16-8-10-18-12(16)2/h4-7,12,15-16H,3,8-11,17H2,1-2H3. The minimum atomic E-state index is 0.0769. The number of ether oxygens (including phenoxy) is 2. The highest BCUT2D eigenvalue weighted by Gasteiger charge is 2.25. The molecule has 1 heterocycles. The van der Waals surface area contributed by atoms with Crippen molar-refractivity contribution in [2.45, 2.75) is 44.1 Å². The van der Waals surface area contributed by atoms with Gasteiger partial charge in [0, 0.05) is 23.7 Å². The molecule has 1 aliphatic heterocycles. The van der Waals surface area contributed by atoms with E-state index in [9.17, 15) is 0 Å². The van der Waals surface area contributed by atoms with Crippen LogP contribution in [0.2, 0.25) is 0 Å². The van der Waals surface area contributed by atoms with Gasteiger partial charge in [0.05, 0.1) is 12.7 Å². The zero-order chi connectivity index (χ0) is 14.4. The SMILES string of the molecule is CCCOc1ccc(C(N)CSC2CCOC2C)cc1. The molecular weight excluding hydrogens is 270 g/mol. The van der Waals surface area contributed by atoms with Crippen molar-refractivity contribution >= 4 is 11.8 Å². The third kappa shape index (κ3) is 4.40. The quantitative estimate of drug-likeness (QED) is 0.837. The van der Waals surface area contributed by atoms with Crippen molar-refractivity contribution < 1.29 is 9.47 Å². The number of hydrogen-bond donors (Lipinski definition) is 1. The monoisotopic (exact) mass is 295 g/mol. The highest BCUT2D eigenvalue weighted by Crippen LogP contribution is 2.29. The van der Waals surface area contributed by atoms with Gasteiger partial charge in [-0.2, -0.15) is 11.8 Å². The van der Waals surface area contributed by atoms with Crippen LogP contribution in [0.4, 0.5) is 0 Å². The van der Waals surface area contributed by atoms with Gasteiger partial charge >= 0.3 is 0 Å². The summed E-state index contributed by atoms with van der Waals surface area (Å²) in [6, 6.07) is 8.25. The van der Waals surface area contributed by atoms with Gasteiger partial charge < -0.3 is 15.2 Å². The lowest BCUT2D eigenvalue weighted by atomic mass is 10.1. The van der Waals surface area contributed by atoms with E-state index in [1.807, 2.05) is 23.9 Å². The number of hydrogen-bond acceptors (Lipinski definition) is 4. The van der Waals surface area contributed by atoms with Crippen molar-refractivity contribution in [3.05, 3.63) is 29.8 Å². The average molecular weight is 295 g/mol. The maximum Gasteiger partial charge on any atom is 0.119 e. The predicted octanol–water partition coefficient (Wildman–Crippen LogP) is 3.39. The van der Waals surface area contributed by atoms with Gasteiger partial charge in [0.25, 0.3) is 0 Å². The Hall–Kier alpha value is -0.710. The second-order valence-corrected chi connectivity index (χ2v) is 6.53. The highest BCUT2D eigenvalue weighted by molar-refractivity contribution is 8.00. The molecule has 1 aromatic rings. The third-order valence-corrected chi connectivity index (χ3v) is 5.18. The van der Waals surface area contributed by atoms with Crippen LogP contribution in [0, 0.1) is 0 Å². The molecule has 3 nitrogen and oxygen atoms in total. The lowest BCUT2D eigenvalue weighted by Gasteiger charge is -2.17. The Bertz CT molecular complexity index is 396. The van der Waals surface area contributed by atoms with Crippen molar-refractivity contribution in [1.82, 2.24) is 0 Å². The van der Waals surface area contributed by atoms with E-state index in [-0.39, 0.29) is 6.04 Å². The van der Waals surface area contributed by atoms with E-state index in [4.69, 9.17) is 15.2 Å². The second-order valence-electron chi connectivity index (χ2n) is 5.26. The maximum absolute atomic E-state index is 6.27. The zero-order valence-electron chi connectivity index (χ0n) is 12.4. The van der Waals surface area contributed by atoms with E-state index in [1.165, 1.54) is 5.56 Å². The molecule has 1 fully saturated rings. The highest BCUT2D eigenvalue weighted by atomic mass is 32.2. The van der Waals surface area contributed by atoms with Gasteiger partial charge in [0.1, 0.15) is 5.75 Å². The molecule has 2 rings (SSSR count). The minimum absolute atomic E-state index is 0.0769. The van der Waals surface area contributed by atoms with E-state index >= 15 is 0 Å². The van der Waals surface area contributed by atoms with E-state index in [0.717, 1.165) is 37.6 Å². The summed E-state index contributed by atoms with van der Waals surface area (Å²) in [6.07, 6.45) is 2.53. The summed E-state index contributed by atoms with van der Waals surface area (Å²) in [7, 11) is 0. The Morgan fingerprint density at radius 3 is 2.75 bits per heavy atom. The summed E-state index contributed by atoms with van der Waals surface area (Å²) in [5.41, 5.74) is 7.44. The van der Waals surface area contributed by atoms with Crippen molar-refractivity contribution in [3.8, 4) is 5.75 Å². The second kappa shape index (κ2) is 7.91. The topological polar surface area (TPSA) is 44.5 Å². The van der Waals surface area contributed by atoms with Crippen molar-refractivity contribution in [1.29, 1.82) is 0 Å². The van der Waals surface area contributed by atoms with Crippen LogP contribution in [0.1, 0.15) is 38.3 Å². The van der Waals surface area contributed by atoms with Gasteiger partial charge in [-0.05, 0) is 37.5 Å². The molecule has 0 aliphatic carbocycles. The summed E-state index contributed by atoms with van der Waals surface area (Å²) < 4.78 is 11.2. The van der Waals surface area contributed by atoms with Crippen LogP contribution in [0.25, 0.3) is 0 Å². The summed E-state index contributed by atoms with van der Waals surface area (Å²) in [6.45, 7) is 5.91. The van der Waals surface area contributed by atoms with Crippen molar-refractivity contribution in [3.63, 3.8) is 0 Å². The molecule has 1 saturated heterocycles. The summed E-state index contributed by atoms with van der Waals surface area (Å²) in [5.74, 6) is 1.86. The zero-order valence-corrected chi connectivity index (χ0v) is 13.2. The predicted molar refractivity (Wildman–Crippen MR) is 85.4 cm³/mol. The first kappa shape index (κ1) is 15.7. The lowest BCUT2D eigenvalue weighted by Crippen LogP contribution is -2.19. The van der Waals surface area contributed by atoms with Crippen molar-refractivity contribution in [2.24, 2.45) is 5.73 Å². The van der Waals surface area contributed by atoms with Crippen LogP contribution in [0.15, 0.2) is 24.3 Å². The smallest absolute Gasteiger partial charge is 0.119 e. The average Bonchev–Trinajstić information content (AvgIpc) is 2.88. The number of nitrogens with two attached hydrogens (primary N) is 1. The molecule has 3 unspecified atom stereocenters. The largest absolute Gasteiger partial charge is 0.494 e. The normalized spacial score (nSPS) is 23.8. The first-order valence-corrected chi connectivity index (χ1v) is 8.47. The molecule has 4 heteroatoms. The minimum Gasteiger partial charge on any atom is -0.494 e. The lowest BCUT2D eigenvalue weighted by molar-refractivity contribution is 0.127. The Balaban J connectivity index is 1.81. The fraction of sp³-hybridized carbons (Fsp3) is 0.625. The van der Waals surface area contributed by atoms with Gasteiger partial charge in [-0.15, -0.1) is 0 Å². The van der Waals surface area contributed by atoms with Crippen LogP contribution in [0.5, 0.6) is 5.75 Å². The first-order valence-electron chi connectivity index (χ1n) is 7.42. The molecule has 0 radical (unpaired) electrons. The number of benzene rings is 1. The first-order chi connectivity index (χ1) is 9.70. The number of thioether (sulfide) groups is 1. The molecule has 1 aliphatic rings. The Labute approximate surface area is 126 Å². The Kier molecular flexibility index (Phi) is 6.20. The molecule has 20 heavy (non-hydrogen) atoms. The maximum atomic E-state index is 6.27. The molecule has 0 amide bonds. The Morgan fingerprint density at radius 1 is 1.40 bits per heavy atom. The molecule has 0 saturated carbocycles. The fourth-order valence-electron chi connectivity index (χ4n) is 2.29. The summed E-state index contributed by atoms with van der Waals surface area (Å²) in [4.78, 5) is 0. The number of rotatable bonds is 7. The van der Waals surface area contributed by atoms with Gasteiger partial charge in [-0.25, -0.2) is 0 Å². The van der Waals surface area contributed by atoms with Crippen LogP contribution in [-0.2, 0) is 4.74 Å². The Morgan fingerprint density at radius 2 is 2.15 bits per heavy atom. The van der Waals surface area contributed by atoms with Gasteiger partial charge in [-0.1, -0.05) is 19.1 Å². The molecular formula is C16H25NO2S. The fourth-order valence-corrected chi connectivity index (χ4v) is 3.55. The van der Waals surface area contributed by atoms with E-state index < -0.39 is 0 Å². The van der Waals surface area contributed by atoms with Gasteiger partial charge in [-0.3, -0.25) is 0 Å². The van der Waals surface area contributed by atoms with Crippen LogP contribution in [0.3, 0.4) is 0 Å². The molecule has 2 N–H and O–H groups in total. The van der Waals surface area contributed by atoms with Crippen molar-refractivity contribution in [2.75, 3.05) is 19.0 Å². The van der Waals surface area contributed by atoms with E-state index in [1.54, 1.807) is 0 Å². The van der Waals surface area contributed by atoms with E-state index in [2.05, 4.69) is 26.0 Å². The molecule has 0 aromatic heterocycles. The van der Waals surface area contributed by atoms with Crippen LogP contribution in [-0.4, -0.2) is 30.3 Å². The van der Waals surface area contributed by atoms with Gasteiger partial charge in [0.2, 0.25) is 0 Å². The molecule has 3 atom stereocenters. The summed E-state index contributed by atoms with van der Waals surface area (Å²) in [5, 5.41) is 0.591. The summed E-state index contributed by atoms with van der Waals surface area (Å²) >= 11 is 1.93.